The summed E-state index contributed by atoms with van der Waals surface area (Å²) in [4.78, 5) is 10.3. The topological polar surface area (TPSA) is 31.4 Å². The second-order valence-corrected chi connectivity index (χ2v) is 46.1. The van der Waals surface area contributed by atoms with Gasteiger partial charge in [-0.2, -0.15) is 0 Å². The highest BCUT2D eigenvalue weighted by atomic mass is 28.3. The van der Waals surface area contributed by atoms with Gasteiger partial charge in [0, 0.05) is 74.3 Å². The fraction of sp³-hybridized carbons (Fsp3) is 0.133. The van der Waals surface area contributed by atoms with Gasteiger partial charge in [-0.15, -0.1) is 0 Å². The van der Waals surface area contributed by atoms with E-state index in [0.717, 1.165) is 23.0 Å². The Hall–Kier alpha value is -9.65. The van der Waals surface area contributed by atoms with Crippen LogP contribution in [0.3, 0.4) is 0 Å². The minimum Gasteiger partial charge on any atom is -0.458 e. The number of hydrogen-bond donors (Lipinski definition) is 0. The Balaban J connectivity index is 0.000000135. The van der Waals surface area contributed by atoms with Crippen LogP contribution in [0.25, 0.3) is 0 Å². The molecular formula is C83H72B4N4O2Si3. The lowest BCUT2D eigenvalue weighted by molar-refractivity contribution is 0.465. The third-order valence-electron chi connectivity index (χ3n) is 22.1. The van der Waals surface area contributed by atoms with Crippen LogP contribution in [0, 0.1) is 13.8 Å². The summed E-state index contributed by atoms with van der Waals surface area (Å²) in [6.45, 7) is 26.8. The van der Waals surface area contributed by atoms with Crippen molar-refractivity contribution in [3.8, 4) is 23.0 Å². The summed E-state index contributed by atoms with van der Waals surface area (Å²) < 4.78 is 14.0. The molecule has 13 heteroatoms. The number of hydrogen-bond acceptors (Lipinski definition) is 6. The molecule has 0 saturated carbocycles. The Morgan fingerprint density at radius 2 is 0.625 bits per heavy atom. The smallest absolute Gasteiger partial charge is 0.256 e. The van der Waals surface area contributed by atoms with Crippen molar-refractivity contribution in [2.45, 2.75) is 72.8 Å². The number of nitrogens with zero attached hydrogens (tertiary/aromatic N) is 4. The predicted molar refractivity (Wildman–Crippen MR) is 422 cm³/mol. The second kappa shape index (κ2) is 20.4. The molecule has 12 aromatic rings. The molecule has 8 aliphatic rings. The van der Waals surface area contributed by atoms with E-state index in [1.54, 1.807) is 0 Å². The number of anilines is 12. The van der Waals surface area contributed by atoms with Gasteiger partial charge in [0.25, 0.3) is 26.9 Å². The molecule has 0 spiro atoms. The molecule has 6 nitrogen and oxygen atoms in total. The van der Waals surface area contributed by atoms with E-state index in [1.165, 1.54) is 160 Å². The van der Waals surface area contributed by atoms with Crippen LogP contribution in [0.4, 0.5) is 68.2 Å². The summed E-state index contributed by atoms with van der Waals surface area (Å²) in [5.41, 5.74) is 33.6. The quantitative estimate of drug-likeness (QED) is 0.160. The first-order valence-electron chi connectivity index (χ1n) is 34.4. The zero-order valence-electron chi connectivity index (χ0n) is 56.4. The maximum atomic E-state index is 7.03. The van der Waals surface area contributed by atoms with Crippen LogP contribution in [0.1, 0.15) is 11.1 Å². The van der Waals surface area contributed by atoms with E-state index in [9.17, 15) is 0 Å². The van der Waals surface area contributed by atoms with Gasteiger partial charge in [0.1, 0.15) is 23.0 Å². The van der Waals surface area contributed by atoms with Crippen molar-refractivity contribution in [3.63, 3.8) is 0 Å². The van der Waals surface area contributed by atoms with Crippen molar-refractivity contribution in [2.75, 3.05) is 19.6 Å². The largest absolute Gasteiger partial charge is 0.458 e. The molecule has 0 radical (unpaired) electrons. The molecule has 96 heavy (non-hydrogen) atoms. The van der Waals surface area contributed by atoms with Crippen LogP contribution in [-0.2, 0) is 0 Å². The molecule has 0 aromatic heterocycles. The Labute approximate surface area is 569 Å². The van der Waals surface area contributed by atoms with Crippen LogP contribution in [-0.4, -0.2) is 51.1 Å². The minimum atomic E-state index is -1.62. The van der Waals surface area contributed by atoms with Crippen LogP contribution >= 0.6 is 0 Å². The van der Waals surface area contributed by atoms with Crippen LogP contribution in [0.15, 0.2) is 237 Å². The molecule has 8 aliphatic heterocycles. The van der Waals surface area contributed by atoms with Crippen molar-refractivity contribution in [3.05, 3.63) is 248 Å². The molecule has 0 aliphatic carbocycles. The predicted octanol–water partition coefficient (Wildman–Crippen LogP) is 11.7. The summed E-state index contributed by atoms with van der Waals surface area (Å²) in [5.74, 6) is 3.80. The maximum absolute atomic E-state index is 7.03. The van der Waals surface area contributed by atoms with Gasteiger partial charge in [0.2, 0.25) is 0 Å². The summed E-state index contributed by atoms with van der Waals surface area (Å²) in [7, 11) is -4.80. The molecule has 20 rings (SSSR count). The van der Waals surface area contributed by atoms with E-state index < -0.39 is 24.2 Å². The maximum Gasteiger partial charge on any atom is 0.256 e. The molecule has 0 N–H and O–H groups in total. The van der Waals surface area contributed by atoms with Crippen molar-refractivity contribution < 1.29 is 9.47 Å². The van der Waals surface area contributed by atoms with Gasteiger partial charge in [0.05, 0.1) is 24.2 Å². The molecule has 0 fully saturated rings. The molecule has 460 valence electrons. The molecule has 0 bridgehead atoms. The van der Waals surface area contributed by atoms with E-state index in [4.69, 9.17) is 9.47 Å². The van der Waals surface area contributed by atoms with Crippen molar-refractivity contribution in [2.24, 2.45) is 0 Å². The Kier molecular flexibility index (Phi) is 12.3. The summed E-state index contributed by atoms with van der Waals surface area (Å²) in [5, 5.41) is 4.39. The first-order valence-corrected chi connectivity index (χ1v) is 44.9. The first-order chi connectivity index (χ1) is 46.4. The van der Waals surface area contributed by atoms with Gasteiger partial charge in [-0.1, -0.05) is 232 Å². The van der Waals surface area contributed by atoms with E-state index in [-0.39, 0.29) is 26.9 Å². The number of aryl methyl sites for hydroxylation is 2. The Morgan fingerprint density at radius 1 is 0.260 bits per heavy atom. The van der Waals surface area contributed by atoms with Gasteiger partial charge >= 0.3 is 0 Å². The van der Waals surface area contributed by atoms with Crippen LogP contribution < -0.4 is 110 Å². The van der Waals surface area contributed by atoms with E-state index in [0.29, 0.717) is 0 Å². The number of benzene rings is 12. The zero-order valence-corrected chi connectivity index (χ0v) is 59.4. The monoisotopic (exact) mass is 1280 g/mol. The molecule has 8 heterocycles. The van der Waals surface area contributed by atoms with Crippen molar-refractivity contribution >= 4 is 200 Å². The van der Waals surface area contributed by atoms with Gasteiger partial charge in [-0.25, -0.2) is 0 Å². The SMILES string of the molecule is Cc1ccc2c(c1)Oc1cc3c4c5c1B2c1ccc([Si](C)(C)C)cc1N5c1cc([Si](C)(C)C)ccc1B4c1ccc([Si](C)(C)C)cc1O3.Cc1ccccc1N1c2ccccc2B2c3ccccc3N3c4ccccc4B4c5ccccc5N(c5ccccc5)c5cc1c2c3c54. The minimum absolute atomic E-state index is 0.0865. The number of para-hydroxylation sites is 6. The molecule has 0 amide bonds. The molecule has 0 atom stereocenters. The number of rotatable bonds is 5. The van der Waals surface area contributed by atoms with Crippen molar-refractivity contribution in [1.82, 2.24) is 0 Å². The second-order valence-electron chi connectivity index (χ2n) is 30.9. The highest BCUT2D eigenvalue weighted by molar-refractivity contribution is 7.06. The lowest BCUT2D eigenvalue weighted by Gasteiger charge is -2.51. The van der Waals surface area contributed by atoms with E-state index in [1.807, 2.05) is 0 Å². The molecular weight excluding hydrogens is 1210 g/mol. The van der Waals surface area contributed by atoms with E-state index >= 15 is 0 Å². The third-order valence-corrected chi connectivity index (χ3v) is 28.2. The fourth-order valence-corrected chi connectivity index (χ4v) is 20.9. The standard InChI is InChI=1S/C43H29B2N3.C40H43B2NO2Si3/c1-28-15-5-10-22-34(28)47-36-24-12-7-19-31(36)45-33-21-9-14-26-38(33)48-37-25-13-8-20-32(37)44-30-18-6-11-23-35(30)46(29-16-3-2-4-17-29)39-27-40(47)42(45)43(48)41(39)44;1-24-11-15-30-34(19-24)44-36-23-37-39-40-38(36)41(30)28-16-12-25(46(2,3)4)20-32(28)43(40)33-21-26(47(5,6)7)13-17-29(33)42(39)31-18-14-27(48(8,9)10)22-35(31)45-37/h2-27H,1H3;11-23H,1-10H3. The van der Waals surface area contributed by atoms with Gasteiger partial charge in [0.15, 0.2) is 0 Å². The summed E-state index contributed by atoms with van der Waals surface area (Å²) in [6, 6.07) is 89.4. The number of ether oxygens (including phenoxy) is 2. The van der Waals surface area contributed by atoms with Crippen LogP contribution in [0.2, 0.25) is 58.9 Å². The average molecular weight is 1290 g/mol. The summed E-state index contributed by atoms with van der Waals surface area (Å²) >= 11 is 0. The molecule has 0 unspecified atom stereocenters. The van der Waals surface area contributed by atoms with Crippen LogP contribution in [0.5, 0.6) is 23.0 Å². The lowest BCUT2D eigenvalue weighted by atomic mass is 9.29. The Bertz CT molecular complexity index is 5370. The highest BCUT2D eigenvalue weighted by Gasteiger charge is 2.54. The average Bonchev–Trinajstić information content (AvgIpc) is 0.678. The van der Waals surface area contributed by atoms with Crippen molar-refractivity contribution in [1.29, 1.82) is 0 Å². The highest BCUT2D eigenvalue weighted by Crippen LogP contribution is 2.51. The van der Waals surface area contributed by atoms with Gasteiger partial charge in [-0.05, 0) is 163 Å². The Morgan fingerprint density at radius 3 is 1.12 bits per heavy atom. The number of fused-ring (bicyclic) bond motifs is 20. The van der Waals surface area contributed by atoms with Gasteiger partial charge < -0.3 is 29.1 Å². The molecule has 12 aromatic carbocycles. The fourth-order valence-electron chi connectivity index (χ4n) is 17.5. The third kappa shape index (κ3) is 8.20. The zero-order chi connectivity index (χ0) is 65.2. The lowest BCUT2D eigenvalue weighted by Crippen LogP contribution is -2.68. The molecule has 0 saturated heterocycles. The van der Waals surface area contributed by atoms with E-state index in [2.05, 4.69) is 329 Å². The summed E-state index contributed by atoms with van der Waals surface area (Å²) in [6.07, 6.45) is 0. The van der Waals surface area contributed by atoms with Gasteiger partial charge in [-0.3, -0.25) is 0 Å². The normalized spacial score (nSPS) is 14.6. The first kappa shape index (κ1) is 57.8.